The third kappa shape index (κ3) is 5.67. The fourth-order valence-electron chi connectivity index (χ4n) is 4.38. The topological polar surface area (TPSA) is 36.7 Å². The Hall–Kier alpha value is -2.14. The number of aromatic nitrogens is 1. The SMILES string of the molecule is CCCCCCCC1CCC(c2ccc(-c3ccc(C#N)cn3)cc2)CC1. The number of hydrogen-bond acceptors (Lipinski definition) is 2. The van der Waals surface area contributed by atoms with Gasteiger partial charge in [0, 0.05) is 11.8 Å². The minimum atomic E-state index is 0.609. The van der Waals surface area contributed by atoms with Gasteiger partial charge >= 0.3 is 0 Å². The number of nitriles is 1. The second-order valence-corrected chi connectivity index (χ2v) is 8.09. The molecule has 0 radical (unpaired) electrons. The monoisotopic (exact) mass is 360 g/mol. The molecule has 2 nitrogen and oxygen atoms in total. The average molecular weight is 361 g/mol. The van der Waals surface area contributed by atoms with Gasteiger partial charge in [-0.15, -0.1) is 0 Å². The van der Waals surface area contributed by atoms with E-state index in [1.54, 1.807) is 6.20 Å². The predicted octanol–water partition coefficient (Wildman–Crippen LogP) is 7.25. The van der Waals surface area contributed by atoms with E-state index in [-0.39, 0.29) is 0 Å². The van der Waals surface area contributed by atoms with Crippen molar-refractivity contribution in [2.24, 2.45) is 5.92 Å². The molecule has 0 aliphatic heterocycles. The normalized spacial score (nSPS) is 19.6. The van der Waals surface area contributed by atoms with E-state index in [1.807, 2.05) is 12.1 Å². The van der Waals surface area contributed by atoms with Crippen molar-refractivity contribution >= 4 is 0 Å². The second kappa shape index (κ2) is 10.3. The molecule has 3 rings (SSSR count). The van der Waals surface area contributed by atoms with Crippen LogP contribution in [0.15, 0.2) is 42.6 Å². The van der Waals surface area contributed by atoms with Crippen LogP contribution in [0.25, 0.3) is 11.3 Å². The molecule has 0 unspecified atom stereocenters. The zero-order chi connectivity index (χ0) is 18.9. The summed E-state index contributed by atoms with van der Waals surface area (Å²) in [5, 5.41) is 8.89. The van der Waals surface area contributed by atoms with E-state index in [2.05, 4.69) is 42.2 Å². The predicted molar refractivity (Wildman–Crippen MR) is 112 cm³/mol. The van der Waals surface area contributed by atoms with Crippen molar-refractivity contribution < 1.29 is 0 Å². The number of pyridine rings is 1. The zero-order valence-corrected chi connectivity index (χ0v) is 16.7. The first-order valence-electron chi connectivity index (χ1n) is 10.8. The number of benzene rings is 1. The molecule has 0 saturated heterocycles. The molecule has 0 amide bonds. The van der Waals surface area contributed by atoms with E-state index >= 15 is 0 Å². The molecule has 2 aromatic rings. The van der Waals surface area contributed by atoms with Crippen LogP contribution in [-0.2, 0) is 0 Å². The molecular weight excluding hydrogens is 328 g/mol. The lowest BCUT2D eigenvalue weighted by atomic mass is 9.77. The lowest BCUT2D eigenvalue weighted by molar-refractivity contribution is 0.302. The molecule has 2 heteroatoms. The summed E-state index contributed by atoms with van der Waals surface area (Å²) in [6, 6.07) is 14.8. The van der Waals surface area contributed by atoms with E-state index in [0.717, 1.165) is 23.1 Å². The first-order valence-corrected chi connectivity index (χ1v) is 10.8. The van der Waals surface area contributed by atoms with Gasteiger partial charge in [-0.1, -0.05) is 69.7 Å². The van der Waals surface area contributed by atoms with Gasteiger partial charge < -0.3 is 0 Å². The number of rotatable bonds is 8. The largest absolute Gasteiger partial charge is 0.255 e. The van der Waals surface area contributed by atoms with Gasteiger partial charge in [-0.2, -0.15) is 5.26 Å². The molecule has 1 heterocycles. The molecule has 1 aromatic carbocycles. The Morgan fingerprint density at radius 3 is 2.30 bits per heavy atom. The standard InChI is InChI=1S/C25H32N2/c1-2-3-4-5-6-7-20-8-11-22(12-9-20)23-13-15-24(16-14-23)25-17-10-21(18-26)19-27-25/h10,13-17,19-20,22H,2-9,11-12H2,1H3. The van der Waals surface area contributed by atoms with E-state index in [4.69, 9.17) is 5.26 Å². The van der Waals surface area contributed by atoms with E-state index < -0.39 is 0 Å². The Morgan fingerprint density at radius 1 is 0.926 bits per heavy atom. The smallest absolute Gasteiger partial charge is 0.101 e. The van der Waals surface area contributed by atoms with E-state index in [9.17, 15) is 0 Å². The summed E-state index contributed by atoms with van der Waals surface area (Å²) in [4.78, 5) is 4.40. The molecule has 1 fully saturated rings. The molecule has 1 aromatic heterocycles. The molecule has 142 valence electrons. The third-order valence-electron chi connectivity index (χ3n) is 6.13. The first kappa shape index (κ1) is 19.6. The van der Waals surface area contributed by atoms with Gasteiger partial charge in [-0.25, -0.2) is 0 Å². The van der Waals surface area contributed by atoms with Gasteiger partial charge in [0.15, 0.2) is 0 Å². The summed E-state index contributed by atoms with van der Waals surface area (Å²) < 4.78 is 0. The van der Waals surface area contributed by atoms with Crippen LogP contribution in [-0.4, -0.2) is 4.98 Å². The Balaban J connectivity index is 1.48. The summed E-state index contributed by atoms with van der Waals surface area (Å²) >= 11 is 0. The van der Waals surface area contributed by atoms with Crippen molar-refractivity contribution in [2.45, 2.75) is 77.0 Å². The van der Waals surface area contributed by atoms with Gasteiger partial charge in [0.1, 0.15) is 6.07 Å². The summed E-state index contributed by atoms with van der Waals surface area (Å²) in [5.41, 5.74) is 4.16. The molecule has 27 heavy (non-hydrogen) atoms. The molecule has 0 atom stereocenters. The Morgan fingerprint density at radius 2 is 1.67 bits per heavy atom. The van der Waals surface area contributed by atoms with E-state index in [1.165, 1.54) is 69.8 Å². The van der Waals surface area contributed by atoms with Crippen LogP contribution < -0.4 is 0 Å². The zero-order valence-electron chi connectivity index (χ0n) is 16.7. The highest BCUT2D eigenvalue weighted by Gasteiger charge is 2.22. The summed E-state index contributed by atoms with van der Waals surface area (Å²) in [6.07, 6.45) is 15.6. The highest BCUT2D eigenvalue weighted by Crippen LogP contribution is 2.38. The van der Waals surface area contributed by atoms with Crippen molar-refractivity contribution in [2.75, 3.05) is 0 Å². The molecule has 1 aliphatic carbocycles. The van der Waals surface area contributed by atoms with Crippen LogP contribution in [0, 0.1) is 17.2 Å². The lowest BCUT2D eigenvalue weighted by Crippen LogP contribution is -2.13. The van der Waals surface area contributed by atoms with Crippen molar-refractivity contribution in [3.05, 3.63) is 53.7 Å². The highest BCUT2D eigenvalue weighted by atomic mass is 14.7. The van der Waals surface area contributed by atoms with Crippen LogP contribution in [0.3, 0.4) is 0 Å². The molecule has 1 saturated carbocycles. The molecule has 0 spiro atoms. The molecular formula is C25H32N2. The average Bonchev–Trinajstić information content (AvgIpc) is 2.74. The summed E-state index contributed by atoms with van der Waals surface area (Å²) in [5.74, 6) is 1.69. The fourth-order valence-corrected chi connectivity index (χ4v) is 4.38. The van der Waals surface area contributed by atoms with Gasteiger partial charge in [0.05, 0.1) is 11.3 Å². The first-order chi connectivity index (χ1) is 13.3. The molecule has 1 aliphatic rings. The Kier molecular flexibility index (Phi) is 7.45. The number of hydrogen-bond donors (Lipinski definition) is 0. The van der Waals surface area contributed by atoms with Gasteiger partial charge in [-0.3, -0.25) is 4.98 Å². The number of nitrogens with zero attached hydrogens (tertiary/aromatic N) is 2. The van der Waals surface area contributed by atoms with E-state index in [0.29, 0.717) is 5.56 Å². The maximum atomic E-state index is 8.89. The van der Waals surface area contributed by atoms with Crippen molar-refractivity contribution in [1.82, 2.24) is 4.98 Å². The third-order valence-corrected chi connectivity index (χ3v) is 6.13. The summed E-state index contributed by atoms with van der Waals surface area (Å²) in [7, 11) is 0. The minimum Gasteiger partial charge on any atom is -0.255 e. The fraction of sp³-hybridized carbons (Fsp3) is 0.520. The van der Waals surface area contributed by atoms with Crippen molar-refractivity contribution in [1.29, 1.82) is 5.26 Å². The van der Waals surface area contributed by atoms with Crippen LogP contribution in [0.1, 0.15) is 88.2 Å². The maximum Gasteiger partial charge on any atom is 0.101 e. The highest BCUT2D eigenvalue weighted by molar-refractivity contribution is 5.60. The minimum absolute atomic E-state index is 0.609. The Bertz CT molecular complexity index is 716. The van der Waals surface area contributed by atoms with Gasteiger partial charge in [-0.05, 0) is 55.2 Å². The molecule has 0 bridgehead atoms. The van der Waals surface area contributed by atoms with Crippen LogP contribution in [0.5, 0.6) is 0 Å². The van der Waals surface area contributed by atoms with Crippen LogP contribution in [0.2, 0.25) is 0 Å². The Labute approximate surface area is 164 Å². The van der Waals surface area contributed by atoms with Crippen molar-refractivity contribution in [3.8, 4) is 17.3 Å². The van der Waals surface area contributed by atoms with Crippen LogP contribution in [0.4, 0.5) is 0 Å². The van der Waals surface area contributed by atoms with Gasteiger partial charge in [0.2, 0.25) is 0 Å². The van der Waals surface area contributed by atoms with Crippen molar-refractivity contribution in [3.63, 3.8) is 0 Å². The second-order valence-electron chi connectivity index (χ2n) is 8.09. The summed E-state index contributed by atoms with van der Waals surface area (Å²) in [6.45, 7) is 2.29. The quantitative estimate of drug-likeness (QED) is 0.465. The van der Waals surface area contributed by atoms with Gasteiger partial charge in [0.25, 0.3) is 0 Å². The lowest BCUT2D eigenvalue weighted by Gasteiger charge is -2.29. The van der Waals surface area contributed by atoms with Crippen LogP contribution >= 0.6 is 0 Å². The maximum absolute atomic E-state index is 8.89. The molecule has 0 N–H and O–H groups in total. The number of unbranched alkanes of at least 4 members (excludes halogenated alkanes) is 4.